The van der Waals surface area contributed by atoms with Crippen molar-refractivity contribution in [1.82, 2.24) is 4.57 Å². The van der Waals surface area contributed by atoms with Gasteiger partial charge in [-0.15, -0.1) is 0 Å². The van der Waals surface area contributed by atoms with Gasteiger partial charge in [-0.1, -0.05) is 163 Å². The molecule has 280 valence electrons. The van der Waals surface area contributed by atoms with Gasteiger partial charge in [0.15, 0.2) is 0 Å². The molecule has 1 aromatic heterocycles. The molecule has 0 fully saturated rings. The molecule has 1 aliphatic heterocycles. The van der Waals surface area contributed by atoms with E-state index >= 15 is 0 Å². The zero-order valence-electron chi connectivity index (χ0n) is 32.6. The second-order valence-corrected chi connectivity index (χ2v) is 17.1. The standard InChI is InChI=1S/C57H36N2S/c1-2-18-40(19-3-1)58(42-31-33-53-47(35-42)45-21-7-10-26-52(45)59(53)41-29-28-37-14-4-5-15-39(37)34-41)43-30-32-50-55(36-43)60-54-27-11-9-24-49(54)57(50)48-23-8-6-20-44(48)46-22-12-16-38-17-13-25-51(57)56(38)46/h1-36H. The lowest BCUT2D eigenvalue weighted by Gasteiger charge is -2.46. The summed E-state index contributed by atoms with van der Waals surface area (Å²) >= 11 is 1.89. The molecule has 3 heteroatoms. The normalized spacial score (nSPS) is 15.0. The second kappa shape index (κ2) is 12.8. The maximum Gasteiger partial charge on any atom is 0.0735 e. The number of rotatable bonds is 4. The van der Waals surface area contributed by atoms with Crippen LogP contribution in [0.2, 0.25) is 0 Å². The van der Waals surface area contributed by atoms with Gasteiger partial charge in [0.1, 0.15) is 0 Å². The molecule has 11 aromatic rings. The van der Waals surface area contributed by atoms with Gasteiger partial charge in [-0.05, 0) is 122 Å². The average Bonchev–Trinajstić information content (AvgIpc) is 3.64. The summed E-state index contributed by atoms with van der Waals surface area (Å²) in [5.41, 5.74) is 14.4. The molecule has 0 saturated heterocycles. The minimum atomic E-state index is -0.485. The molecule has 2 nitrogen and oxygen atoms in total. The maximum absolute atomic E-state index is 2.44. The molecule has 1 unspecified atom stereocenters. The van der Waals surface area contributed by atoms with Crippen molar-refractivity contribution in [2.24, 2.45) is 0 Å². The number of anilines is 3. The third-order valence-corrected chi connectivity index (χ3v) is 14.1. The summed E-state index contributed by atoms with van der Waals surface area (Å²) in [6.07, 6.45) is 0. The number of hydrogen-bond donors (Lipinski definition) is 0. The number of hydrogen-bond acceptors (Lipinski definition) is 2. The van der Waals surface area contributed by atoms with E-state index in [9.17, 15) is 0 Å². The lowest BCUT2D eigenvalue weighted by molar-refractivity contribution is 0.707. The highest BCUT2D eigenvalue weighted by atomic mass is 32.2. The van der Waals surface area contributed by atoms with Crippen LogP contribution < -0.4 is 4.90 Å². The highest BCUT2D eigenvalue weighted by molar-refractivity contribution is 7.99. The van der Waals surface area contributed by atoms with Crippen LogP contribution in [0.4, 0.5) is 17.1 Å². The Balaban J connectivity index is 1.04. The van der Waals surface area contributed by atoms with Gasteiger partial charge < -0.3 is 9.47 Å². The van der Waals surface area contributed by atoms with Crippen LogP contribution in [0.3, 0.4) is 0 Å². The van der Waals surface area contributed by atoms with Crippen molar-refractivity contribution in [2.75, 3.05) is 4.90 Å². The minimum Gasteiger partial charge on any atom is -0.310 e. The van der Waals surface area contributed by atoms with Crippen molar-refractivity contribution in [3.8, 4) is 16.8 Å². The summed E-state index contributed by atoms with van der Waals surface area (Å²) < 4.78 is 2.42. The van der Waals surface area contributed by atoms with Crippen LogP contribution in [0.15, 0.2) is 228 Å². The SMILES string of the molecule is c1ccc(N(c2ccc3c(c2)Sc2ccccc2C32c3ccccc3-c3cccc4cccc2c34)c2ccc3c(c2)c2ccccc2n3-c2ccc3ccccc3c2)cc1. The fraction of sp³-hybridized carbons (Fsp3) is 0.0175. The lowest BCUT2D eigenvalue weighted by Crippen LogP contribution is -2.36. The fourth-order valence-corrected chi connectivity index (χ4v) is 11.8. The number of aromatic nitrogens is 1. The Morgan fingerprint density at radius 1 is 0.367 bits per heavy atom. The van der Waals surface area contributed by atoms with E-state index in [0.717, 1.165) is 22.7 Å². The molecular weight excluding hydrogens is 745 g/mol. The van der Waals surface area contributed by atoms with Crippen molar-refractivity contribution in [3.63, 3.8) is 0 Å². The van der Waals surface area contributed by atoms with Gasteiger partial charge >= 0.3 is 0 Å². The highest BCUT2D eigenvalue weighted by Gasteiger charge is 2.48. The number of para-hydroxylation sites is 2. The van der Waals surface area contributed by atoms with Gasteiger partial charge in [0.25, 0.3) is 0 Å². The summed E-state index contributed by atoms with van der Waals surface area (Å²) in [5, 5.41) is 7.57. The first-order valence-corrected chi connectivity index (χ1v) is 21.5. The summed E-state index contributed by atoms with van der Waals surface area (Å²) in [6.45, 7) is 0. The van der Waals surface area contributed by atoms with Gasteiger partial charge in [-0.3, -0.25) is 0 Å². The second-order valence-electron chi connectivity index (χ2n) is 16.0. The van der Waals surface area contributed by atoms with E-state index in [1.54, 1.807) is 0 Å². The predicted molar refractivity (Wildman–Crippen MR) is 252 cm³/mol. The molecule has 1 atom stereocenters. The van der Waals surface area contributed by atoms with Gasteiger partial charge in [0.2, 0.25) is 0 Å². The Morgan fingerprint density at radius 3 is 1.93 bits per heavy atom. The van der Waals surface area contributed by atoms with Crippen LogP contribution in [0.5, 0.6) is 0 Å². The molecule has 1 spiro atoms. The van der Waals surface area contributed by atoms with Crippen molar-refractivity contribution < 1.29 is 0 Å². The number of nitrogens with zero attached hydrogens (tertiary/aromatic N) is 2. The van der Waals surface area contributed by atoms with E-state index in [4.69, 9.17) is 0 Å². The smallest absolute Gasteiger partial charge is 0.0735 e. The Hall–Kier alpha value is -7.33. The van der Waals surface area contributed by atoms with Gasteiger partial charge in [0.05, 0.1) is 16.4 Å². The van der Waals surface area contributed by atoms with Crippen LogP contribution >= 0.6 is 11.8 Å². The third kappa shape index (κ3) is 4.67. The van der Waals surface area contributed by atoms with E-state index in [2.05, 4.69) is 228 Å². The van der Waals surface area contributed by atoms with Gasteiger partial charge in [-0.25, -0.2) is 0 Å². The molecule has 0 radical (unpaired) electrons. The van der Waals surface area contributed by atoms with Crippen LogP contribution in [0.25, 0.3) is 60.2 Å². The summed E-state index contributed by atoms with van der Waals surface area (Å²) in [6, 6.07) is 81.1. The largest absolute Gasteiger partial charge is 0.310 e. The average molecular weight is 781 g/mol. The van der Waals surface area contributed by atoms with E-state index in [1.165, 1.54) is 86.5 Å². The molecule has 10 aromatic carbocycles. The minimum absolute atomic E-state index is 0.485. The number of benzene rings is 10. The molecule has 1 aliphatic carbocycles. The Bertz CT molecular complexity index is 3540. The molecule has 13 rings (SSSR count). The van der Waals surface area contributed by atoms with Crippen molar-refractivity contribution in [1.29, 1.82) is 0 Å². The molecule has 60 heavy (non-hydrogen) atoms. The van der Waals surface area contributed by atoms with Crippen LogP contribution in [-0.4, -0.2) is 4.57 Å². The van der Waals surface area contributed by atoms with Crippen molar-refractivity contribution in [2.45, 2.75) is 15.2 Å². The third-order valence-electron chi connectivity index (χ3n) is 13.0. The Labute approximate surface area is 352 Å². The first kappa shape index (κ1) is 33.6. The van der Waals surface area contributed by atoms with Crippen molar-refractivity contribution in [3.05, 3.63) is 241 Å². The van der Waals surface area contributed by atoms with Crippen LogP contribution in [0.1, 0.15) is 22.3 Å². The Morgan fingerprint density at radius 2 is 1.02 bits per heavy atom. The molecule has 0 bridgehead atoms. The fourth-order valence-electron chi connectivity index (χ4n) is 10.5. The van der Waals surface area contributed by atoms with Gasteiger partial charge in [0, 0.05) is 43.3 Å². The molecule has 2 aliphatic rings. The molecular formula is C57H36N2S. The van der Waals surface area contributed by atoms with Crippen LogP contribution in [0, 0.1) is 0 Å². The molecule has 2 heterocycles. The Kier molecular flexibility index (Phi) is 7.19. The van der Waals surface area contributed by atoms with E-state index in [0.29, 0.717) is 0 Å². The summed E-state index contributed by atoms with van der Waals surface area (Å²) in [5.74, 6) is 0. The first-order valence-electron chi connectivity index (χ1n) is 20.7. The molecule has 0 N–H and O–H groups in total. The quantitative estimate of drug-likeness (QED) is 0.176. The highest BCUT2D eigenvalue weighted by Crippen LogP contribution is 2.61. The number of fused-ring (bicyclic) bond motifs is 12. The molecule has 0 saturated carbocycles. The lowest BCUT2D eigenvalue weighted by atomic mass is 9.59. The summed E-state index contributed by atoms with van der Waals surface area (Å²) in [7, 11) is 0. The van der Waals surface area contributed by atoms with Crippen molar-refractivity contribution >= 4 is 72.2 Å². The van der Waals surface area contributed by atoms with E-state index < -0.39 is 5.41 Å². The first-order chi connectivity index (χ1) is 29.8. The molecule has 0 amide bonds. The van der Waals surface area contributed by atoms with E-state index in [-0.39, 0.29) is 0 Å². The zero-order valence-corrected chi connectivity index (χ0v) is 33.4. The monoisotopic (exact) mass is 780 g/mol. The predicted octanol–water partition coefficient (Wildman–Crippen LogP) is 15.4. The topological polar surface area (TPSA) is 8.17 Å². The summed E-state index contributed by atoms with van der Waals surface area (Å²) in [4.78, 5) is 5.00. The van der Waals surface area contributed by atoms with Gasteiger partial charge in [-0.2, -0.15) is 0 Å². The van der Waals surface area contributed by atoms with Crippen LogP contribution in [-0.2, 0) is 5.41 Å². The van der Waals surface area contributed by atoms with E-state index in [1.807, 2.05) is 11.8 Å². The maximum atomic E-state index is 2.44. The zero-order chi connectivity index (χ0) is 39.4.